The first kappa shape index (κ1) is 17.2. The van der Waals surface area contributed by atoms with Crippen molar-refractivity contribution in [2.24, 2.45) is 0 Å². The third kappa shape index (κ3) is 4.41. The molecule has 1 heterocycles. The molecule has 0 saturated heterocycles. The average Bonchev–Trinajstić information content (AvgIpc) is 2.51. The Kier molecular flexibility index (Phi) is 5.20. The number of benzene rings is 1. The SMILES string of the molecule is CCC(Nc1cc(C)ncn1)C(O)c1ccc(C(F)(F)F)cc1. The molecule has 23 heavy (non-hydrogen) atoms. The number of halogens is 3. The minimum Gasteiger partial charge on any atom is -0.386 e. The summed E-state index contributed by atoms with van der Waals surface area (Å²) in [4.78, 5) is 8.06. The number of nitrogens with one attached hydrogen (secondary N) is 1. The van der Waals surface area contributed by atoms with Crippen molar-refractivity contribution in [2.75, 3.05) is 5.32 Å². The van der Waals surface area contributed by atoms with Crippen LogP contribution in [0.1, 0.15) is 36.3 Å². The molecule has 2 aromatic rings. The zero-order valence-electron chi connectivity index (χ0n) is 12.8. The highest BCUT2D eigenvalue weighted by Gasteiger charge is 2.30. The van der Waals surface area contributed by atoms with Crippen molar-refractivity contribution < 1.29 is 18.3 Å². The molecule has 2 rings (SSSR count). The molecule has 2 unspecified atom stereocenters. The fraction of sp³-hybridized carbons (Fsp3) is 0.375. The van der Waals surface area contributed by atoms with E-state index in [2.05, 4.69) is 15.3 Å². The number of anilines is 1. The lowest BCUT2D eigenvalue weighted by molar-refractivity contribution is -0.137. The molecular formula is C16H18F3N3O. The Morgan fingerprint density at radius 3 is 2.35 bits per heavy atom. The number of aromatic nitrogens is 2. The van der Waals surface area contributed by atoms with E-state index in [9.17, 15) is 18.3 Å². The zero-order valence-corrected chi connectivity index (χ0v) is 12.8. The molecule has 7 heteroatoms. The van der Waals surface area contributed by atoms with E-state index in [1.807, 2.05) is 13.8 Å². The third-order valence-corrected chi connectivity index (χ3v) is 3.54. The van der Waals surface area contributed by atoms with E-state index < -0.39 is 17.8 Å². The van der Waals surface area contributed by atoms with Gasteiger partial charge in [-0.25, -0.2) is 9.97 Å². The van der Waals surface area contributed by atoms with Gasteiger partial charge >= 0.3 is 6.18 Å². The maximum absolute atomic E-state index is 12.6. The first-order chi connectivity index (χ1) is 10.8. The molecule has 0 aliphatic carbocycles. The Morgan fingerprint density at radius 2 is 1.83 bits per heavy atom. The van der Waals surface area contributed by atoms with E-state index >= 15 is 0 Å². The van der Waals surface area contributed by atoms with Crippen molar-refractivity contribution in [3.05, 3.63) is 53.5 Å². The summed E-state index contributed by atoms with van der Waals surface area (Å²) in [6.07, 6.45) is -3.35. The van der Waals surface area contributed by atoms with Gasteiger partial charge < -0.3 is 10.4 Å². The molecule has 0 aliphatic heterocycles. The molecule has 0 aliphatic rings. The highest BCUT2D eigenvalue weighted by molar-refractivity contribution is 5.37. The van der Waals surface area contributed by atoms with Gasteiger partial charge in [0.05, 0.1) is 17.7 Å². The minimum absolute atomic E-state index is 0.374. The smallest absolute Gasteiger partial charge is 0.386 e. The van der Waals surface area contributed by atoms with Gasteiger partial charge in [-0.3, -0.25) is 0 Å². The van der Waals surface area contributed by atoms with Gasteiger partial charge in [0.25, 0.3) is 0 Å². The van der Waals surface area contributed by atoms with Crippen molar-refractivity contribution in [3.63, 3.8) is 0 Å². The van der Waals surface area contributed by atoms with Gasteiger partial charge in [0, 0.05) is 11.8 Å². The van der Waals surface area contributed by atoms with Crippen LogP contribution in [-0.2, 0) is 6.18 Å². The lowest BCUT2D eigenvalue weighted by atomic mass is 9.99. The van der Waals surface area contributed by atoms with Crippen LogP contribution in [0.2, 0.25) is 0 Å². The van der Waals surface area contributed by atoms with E-state index in [1.165, 1.54) is 18.5 Å². The fourth-order valence-electron chi connectivity index (χ4n) is 2.23. The van der Waals surface area contributed by atoms with Crippen LogP contribution < -0.4 is 5.32 Å². The topological polar surface area (TPSA) is 58.0 Å². The van der Waals surface area contributed by atoms with Crippen molar-refractivity contribution in [1.29, 1.82) is 0 Å². The molecule has 1 aromatic heterocycles. The van der Waals surface area contributed by atoms with Crippen LogP contribution in [0, 0.1) is 6.92 Å². The molecule has 0 amide bonds. The predicted molar refractivity (Wildman–Crippen MR) is 80.9 cm³/mol. The second-order valence-corrected chi connectivity index (χ2v) is 5.27. The van der Waals surface area contributed by atoms with Crippen molar-refractivity contribution in [1.82, 2.24) is 9.97 Å². The number of aryl methyl sites for hydroxylation is 1. The van der Waals surface area contributed by atoms with Gasteiger partial charge in [0.1, 0.15) is 12.1 Å². The summed E-state index contributed by atoms with van der Waals surface area (Å²) in [5, 5.41) is 13.5. The Labute approximate surface area is 132 Å². The van der Waals surface area contributed by atoms with Crippen molar-refractivity contribution in [2.45, 2.75) is 38.6 Å². The number of aliphatic hydroxyl groups is 1. The van der Waals surface area contributed by atoms with Crippen LogP contribution in [0.25, 0.3) is 0 Å². The highest BCUT2D eigenvalue weighted by Crippen LogP contribution is 2.30. The summed E-state index contributed by atoms with van der Waals surface area (Å²) in [6, 6.07) is 5.90. The lowest BCUT2D eigenvalue weighted by Crippen LogP contribution is -2.27. The second kappa shape index (κ2) is 6.95. The first-order valence-corrected chi connectivity index (χ1v) is 7.21. The molecule has 0 radical (unpaired) electrons. The predicted octanol–water partition coefficient (Wildman–Crippen LogP) is 3.73. The number of nitrogens with zero attached hydrogens (tertiary/aromatic N) is 2. The Bertz CT molecular complexity index is 644. The quantitative estimate of drug-likeness (QED) is 0.879. The average molecular weight is 325 g/mol. The van der Waals surface area contributed by atoms with Crippen LogP contribution >= 0.6 is 0 Å². The van der Waals surface area contributed by atoms with Crippen molar-refractivity contribution >= 4 is 5.82 Å². The number of rotatable bonds is 5. The summed E-state index contributed by atoms with van der Waals surface area (Å²) >= 11 is 0. The van der Waals surface area contributed by atoms with Gasteiger partial charge in [-0.05, 0) is 31.0 Å². The van der Waals surface area contributed by atoms with Gasteiger partial charge in [0.15, 0.2) is 0 Å². The molecule has 2 atom stereocenters. The molecule has 124 valence electrons. The maximum Gasteiger partial charge on any atom is 0.416 e. The summed E-state index contributed by atoms with van der Waals surface area (Å²) in [5.41, 5.74) is 0.463. The molecule has 4 nitrogen and oxygen atoms in total. The van der Waals surface area contributed by atoms with E-state index in [0.29, 0.717) is 17.8 Å². The number of aliphatic hydroxyl groups excluding tert-OH is 1. The van der Waals surface area contributed by atoms with Crippen LogP contribution in [0.3, 0.4) is 0 Å². The molecule has 0 spiro atoms. The Balaban J connectivity index is 2.14. The Morgan fingerprint density at radius 1 is 1.17 bits per heavy atom. The highest BCUT2D eigenvalue weighted by atomic mass is 19.4. The van der Waals surface area contributed by atoms with Crippen molar-refractivity contribution in [3.8, 4) is 0 Å². The molecule has 1 aromatic carbocycles. The lowest BCUT2D eigenvalue weighted by Gasteiger charge is -2.24. The zero-order chi connectivity index (χ0) is 17.0. The minimum atomic E-state index is -4.38. The fourth-order valence-corrected chi connectivity index (χ4v) is 2.23. The van der Waals surface area contributed by atoms with Crippen LogP contribution in [0.4, 0.5) is 19.0 Å². The van der Waals surface area contributed by atoms with Gasteiger partial charge in [-0.15, -0.1) is 0 Å². The van der Waals surface area contributed by atoms with E-state index in [-0.39, 0.29) is 6.04 Å². The van der Waals surface area contributed by atoms with Gasteiger partial charge in [-0.1, -0.05) is 19.1 Å². The largest absolute Gasteiger partial charge is 0.416 e. The monoisotopic (exact) mass is 325 g/mol. The molecular weight excluding hydrogens is 307 g/mol. The summed E-state index contributed by atoms with van der Waals surface area (Å²) in [7, 11) is 0. The van der Waals surface area contributed by atoms with E-state index in [4.69, 9.17) is 0 Å². The summed E-state index contributed by atoms with van der Waals surface area (Å²) in [6.45, 7) is 3.69. The standard InChI is InChI=1S/C16H18F3N3O/c1-3-13(22-14-8-10(2)20-9-21-14)15(23)11-4-6-12(7-5-11)16(17,18)19/h4-9,13,15,23H,3H2,1-2H3,(H,20,21,22). The maximum atomic E-state index is 12.6. The number of hydrogen-bond donors (Lipinski definition) is 2. The second-order valence-electron chi connectivity index (χ2n) is 5.27. The van der Waals surface area contributed by atoms with Crippen LogP contribution in [0.5, 0.6) is 0 Å². The Hall–Kier alpha value is -2.15. The number of hydrogen-bond acceptors (Lipinski definition) is 4. The van der Waals surface area contributed by atoms with Crippen LogP contribution in [-0.4, -0.2) is 21.1 Å². The van der Waals surface area contributed by atoms with E-state index in [1.54, 1.807) is 6.07 Å². The first-order valence-electron chi connectivity index (χ1n) is 7.21. The van der Waals surface area contributed by atoms with Gasteiger partial charge in [-0.2, -0.15) is 13.2 Å². The van der Waals surface area contributed by atoms with Gasteiger partial charge in [0.2, 0.25) is 0 Å². The number of alkyl halides is 3. The normalized spacial score (nSPS) is 14.3. The molecule has 0 bridgehead atoms. The summed E-state index contributed by atoms with van der Waals surface area (Å²) in [5.74, 6) is 0.565. The van der Waals surface area contributed by atoms with Crippen LogP contribution in [0.15, 0.2) is 36.7 Å². The van der Waals surface area contributed by atoms with E-state index in [0.717, 1.165) is 17.8 Å². The molecule has 0 fully saturated rings. The summed E-state index contributed by atoms with van der Waals surface area (Å²) < 4.78 is 37.7. The molecule has 0 saturated carbocycles. The molecule has 2 N–H and O–H groups in total. The third-order valence-electron chi connectivity index (χ3n) is 3.54.